The molecule has 0 heterocycles. The van der Waals surface area contributed by atoms with Gasteiger partial charge in [0.15, 0.2) is 0 Å². The Morgan fingerprint density at radius 3 is 2.44 bits per heavy atom. The lowest BCUT2D eigenvalue weighted by Gasteiger charge is -2.42. The van der Waals surface area contributed by atoms with Crippen LogP contribution in [0.15, 0.2) is 30.3 Å². The van der Waals surface area contributed by atoms with Gasteiger partial charge < -0.3 is 10.8 Å². The van der Waals surface area contributed by atoms with Crippen molar-refractivity contribution in [2.24, 2.45) is 17.1 Å². The molecule has 1 unspecified atom stereocenters. The van der Waals surface area contributed by atoms with Crippen molar-refractivity contribution in [3.63, 3.8) is 0 Å². The van der Waals surface area contributed by atoms with E-state index in [9.17, 15) is 5.11 Å². The maximum absolute atomic E-state index is 10.6. The fraction of sp³-hybridized carbons (Fsp3) is 0.625. The minimum atomic E-state index is -0.308. The van der Waals surface area contributed by atoms with Gasteiger partial charge in [0.2, 0.25) is 0 Å². The summed E-state index contributed by atoms with van der Waals surface area (Å²) >= 11 is 0. The van der Waals surface area contributed by atoms with Crippen molar-refractivity contribution < 1.29 is 5.11 Å². The number of nitrogens with two attached hydrogens (primary N) is 1. The summed E-state index contributed by atoms with van der Waals surface area (Å²) in [5, 5.41) is 10.6. The van der Waals surface area contributed by atoms with Crippen molar-refractivity contribution >= 4 is 0 Å². The van der Waals surface area contributed by atoms with Crippen LogP contribution in [-0.4, -0.2) is 17.8 Å². The Morgan fingerprint density at radius 2 is 1.89 bits per heavy atom. The fourth-order valence-corrected chi connectivity index (χ4v) is 3.06. The molecule has 1 fully saturated rings. The molecule has 0 amide bonds. The first kappa shape index (κ1) is 13.6. The lowest BCUT2D eigenvalue weighted by atomic mass is 9.66. The molecule has 0 aliphatic heterocycles. The Balaban J connectivity index is 2.03. The van der Waals surface area contributed by atoms with E-state index in [-0.39, 0.29) is 11.5 Å². The molecule has 2 heteroatoms. The van der Waals surface area contributed by atoms with Gasteiger partial charge in [-0.1, -0.05) is 50.1 Å². The predicted octanol–water partition coefficient (Wildman–Crippen LogP) is 2.75. The Morgan fingerprint density at radius 1 is 1.28 bits per heavy atom. The number of rotatable bonds is 4. The van der Waals surface area contributed by atoms with E-state index in [1.165, 1.54) is 18.4 Å². The van der Waals surface area contributed by atoms with E-state index in [0.717, 1.165) is 25.2 Å². The normalized spacial score (nSPS) is 30.1. The summed E-state index contributed by atoms with van der Waals surface area (Å²) in [6.45, 7) is 2.90. The molecule has 0 saturated heterocycles. The van der Waals surface area contributed by atoms with Crippen LogP contribution in [0.2, 0.25) is 0 Å². The van der Waals surface area contributed by atoms with Crippen LogP contribution in [0.25, 0.3) is 0 Å². The van der Waals surface area contributed by atoms with E-state index >= 15 is 0 Å². The lowest BCUT2D eigenvalue weighted by Crippen LogP contribution is -2.45. The SMILES string of the molecule is CC1CCC(CN)(C(O)Cc2ccccc2)CC1. The zero-order valence-electron chi connectivity index (χ0n) is 11.3. The van der Waals surface area contributed by atoms with E-state index in [2.05, 4.69) is 19.1 Å². The summed E-state index contributed by atoms with van der Waals surface area (Å²) in [6, 6.07) is 10.2. The number of hydrogen-bond donors (Lipinski definition) is 2. The molecule has 1 aromatic rings. The maximum Gasteiger partial charge on any atom is 0.0648 e. The van der Waals surface area contributed by atoms with Gasteiger partial charge in [0.25, 0.3) is 0 Å². The molecular formula is C16H25NO. The average Bonchev–Trinajstić information content (AvgIpc) is 2.41. The molecule has 0 aromatic heterocycles. The molecule has 0 radical (unpaired) electrons. The molecule has 18 heavy (non-hydrogen) atoms. The van der Waals surface area contributed by atoms with Gasteiger partial charge >= 0.3 is 0 Å². The number of benzene rings is 1. The van der Waals surface area contributed by atoms with E-state index in [1.807, 2.05) is 18.2 Å². The van der Waals surface area contributed by atoms with Gasteiger partial charge in [0, 0.05) is 12.0 Å². The molecule has 1 atom stereocenters. The van der Waals surface area contributed by atoms with Crippen LogP contribution in [0.1, 0.15) is 38.2 Å². The second-order valence-electron chi connectivity index (χ2n) is 5.95. The highest BCUT2D eigenvalue weighted by Crippen LogP contribution is 2.41. The Kier molecular flexibility index (Phi) is 4.41. The standard InChI is InChI=1S/C16H25NO/c1-13-7-9-16(12-17,10-8-13)15(18)11-14-5-3-2-4-6-14/h2-6,13,15,18H,7-12,17H2,1H3. The minimum Gasteiger partial charge on any atom is -0.392 e. The van der Waals surface area contributed by atoms with Crippen molar-refractivity contribution in [1.29, 1.82) is 0 Å². The number of aliphatic hydroxyl groups is 1. The van der Waals surface area contributed by atoms with E-state index in [1.54, 1.807) is 0 Å². The van der Waals surface area contributed by atoms with E-state index in [4.69, 9.17) is 5.73 Å². The average molecular weight is 247 g/mol. The molecule has 3 N–H and O–H groups in total. The summed E-state index contributed by atoms with van der Waals surface area (Å²) in [6.07, 6.45) is 4.95. The topological polar surface area (TPSA) is 46.2 Å². The van der Waals surface area contributed by atoms with Crippen molar-refractivity contribution in [3.05, 3.63) is 35.9 Å². The van der Waals surface area contributed by atoms with Gasteiger partial charge in [-0.05, 0) is 30.7 Å². The fourth-order valence-electron chi connectivity index (χ4n) is 3.06. The van der Waals surface area contributed by atoms with Gasteiger partial charge in [0.05, 0.1) is 6.10 Å². The minimum absolute atomic E-state index is 0.0532. The highest BCUT2D eigenvalue weighted by molar-refractivity contribution is 5.16. The third-order valence-electron chi connectivity index (χ3n) is 4.66. The van der Waals surface area contributed by atoms with Crippen LogP contribution in [0.5, 0.6) is 0 Å². The van der Waals surface area contributed by atoms with Gasteiger partial charge in [0.1, 0.15) is 0 Å². The van der Waals surface area contributed by atoms with Crippen molar-refractivity contribution in [3.8, 4) is 0 Å². The second-order valence-corrected chi connectivity index (χ2v) is 5.95. The molecule has 1 aliphatic rings. The second kappa shape index (κ2) is 5.85. The molecule has 100 valence electrons. The summed E-state index contributed by atoms with van der Waals surface area (Å²) in [5.74, 6) is 0.786. The first-order valence-electron chi connectivity index (χ1n) is 7.08. The maximum atomic E-state index is 10.6. The first-order chi connectivity index (χ1) is 8.66. The van der Waals surface area contributed by atoms with Crippen LogP contribution in [0.4, 0.5) is 0 Å². The lowest BCUT2D eigenvalue weighted by molar-refractivity contribution is -0.00574. The molecular weight excluding hydrogens is 222 g/mol. The smallest absolute Gasteiger partial charge is 0.0648 e. The van der Waals surface area contributed by atoms with Crippen LogP contribution in [0.3, 0.4) is 0 Å². The number of hydrogen-bond acceptors (Lipinski definition) is 2. The molecule has 0 spiro atoms. The largest absolute Gasteiger partial charge is 0.392 e. The Hall–Kier alpha value is -0.860. The summed E-state index contributed by atoms with van der Waals surface area (Å²) in [7, 11) is 0. The third-order valence-corrected chi connectivity index (χ3v) is 4.66. The molecule has 1 aliphatic carbocycles. The number of aliphatic hydroxyl groups excluding tert-OH is 1. The van der Waals surface area contributed by atoms with Crippen molar-refractivity contribution in [2.45, 2.75) is 45.1 Å². The van der Waals surface area contributed by atoms with Crippen LogP contribution < -0.4 is 5.73 Å². The van der Waals surface area contributed by atoms with Gasteiger partial charge in [-0.2, -0.15) is 0 Å². The quantitative estimate of drug-likeness (QED) is 0.859. The Labute approximate surface area is 110 Å². The molecule has 2 rings (SSSR count). The summed E-state index contributed by atoms with van der Waals surface area (Å²) in [4.78, 5) is 0. The highest BCUT2D eigenvalue weighted by Gasteiger charge is 2.39. The predicted molar refractivity (Wildman–Crippen MR) is 75.3 cm³/mol. The molecule has 2 nitrogen and oxygen atoms in total. The monoisotopic (exact) mass is 247 g/mol. The van der Waals surface area contributed by atoms with E-state index < -0.39 is 0 Å². The van der Waals surface area contributed by atoms with Crippen molar-refractivity contribution in [2.75, 3.05) is 6.54 Å². The molecule has 1 saturated carbocycles. The van der Waals surface area contributed by atoms with E-state index in [0.29, 0.717) is 6.54 Å². The first-order valence-corrected chi connectivity index (χ1v) is 7.08. The summed E-state index contributed by atoms with van der Waals surface area (Å²) in [5.41, 5.74) is 7.13. The summed E-state index contributed by atoms with van der Waals surface area (Å²) < 4.78 is 0. The third kappa shape index (κ3) is 2.93. The highest BCUT2D eigenvalue weighted by atomic mass is 16.3. The van der Waals surface area contributed by atoms with Crippen LogP contribution in [0, 0.1) is 11.3 Å². The van der Waals surface area contributed by atoms with Crippen molar-refractivity contribution in [1.82, 2.24) is 0 Å². The molecule has 1 aromatic carbocycles. The zero-order valence-corrected chi connectivity index (χ0v) is 11.3. The van der Waals surface area contributed by atoms with Crippen LogP contribution in [-0.2, 0) is 6.42 Å². The zero-order chi connectivity index (χ0) is 13.0. The van der Waals surface area contributed by atoms with Gasteiger partial charge in [-0.25, -0.2) is 0 Å². The molecule has 0 bridgehead atoms. The van der Waals surface area contributed by atoms with Crippen LogP contribution >= 0.6 is 0 Å². The van der Waals surface area contributed by atoms with Gasteiger partial charge in [-0.15, -0.1) is 0 Å². The van der Waals surface area contributed by atoms with Gasteiger partial charge in [-0.3, -0.25) is 0 Å². The Bertz CT molecular complexity index is 355.